The van der Waals surface area contributed by atoms with E-state index >= 15 is 0 Å². The summed E-state index contributed by atoms with van der Waals surface area (Å²) in [6, 6.07) is 5.00. The van der Waals surface area contributed by atoms with Crippen LogP contribution in [-0.4, -0.2) is 57.7 Å². The maximum atomic E-state index is 13.9. The van der Waals surface area contributed by atoms with Gasteiger partial charge in [-0.15, -0.1) is 0 Å². The standard InChI is InChI=1S/C23H29FN4O3S/c1-15-12-16(14-17(24)13-15)23(29)5-7-28(8-6-23)22-26-19-4-11-32(30)20(19)21(27-22)25-18-2-9-31-10-3-18/h12-14,18,29H,2-11H2,1H3,(H,25,26,27). The van der Waals surface area contributed by atoms with Crippen LogP contribution in [0.15, 0.2) is 23.1 Å². The van der Waals surface area contributed by atoms with Crippen molar-refractivity contribution in [2.45, 2.75) is 55.6 Å². The second-order valence-corrected chi connectivity index (χ2v) is 10.5. The molecule has 1 aromatic heterocycles. The molecule has 4 heterocycles. The lowest BCUT2D eigenvalue weighted by Crippen LogP contribution is -2.43. The third-order valence-electron chi connectivity index (χ3n) is 6.69. The molecule has 5 rings (SSSR count). The maximum Gasteiger partial charge on any atom is 0.227 e. The van der Waals surface area contributed by atoms with Crippen LogP contribution in [0.25, 0.3) is 0 Å². The van der Waals surface area contributed by atoms with Gasteiger partial charge in [-0.3, -0.25) is 0 Å². The van der Waals surface area contributed by atoms with E-state index < -0.39 is 16.8 Å². The van der Waals surface area contributed by atoms with Gasteiger partial charge in [0.15, 0.2) is 5.82 Å². The first-order valence-corrected chi connectivity index (χ1v) is 12.6. The summed E-state index contributed by atoms with van der Waals surface area (Å²) in [4.78, 5) is 12.3. The van der Waals surface area contributed by atoms with Crippen LogP contribution in [0.1, 0.15) is 42.5 Å². The Balaban J connectivity index is 1.37. The van der Waals surface area contributed by atoms with Crippen LogP contribution in [0.2, 0.25) is 0 Å². The Morgan fingerprint density at radius 2 is 1.97 bits per heavy atom. The highest BCUT2D eigenvalue weighted by molar-refractivity contribution is 7.91. The third kappa shape index (κ3) is 4.31. The van der Waals surface area contributed by atoms with E-state index in [1.165, 1.54) is 12.1 Å². The van der Waals surface area contributed by atoms with Crippen molar-refractivity contribution in [1.29, 1.82) is 0 Å². The zero-order valence-electron chi connectivity index (χ0n) is 18.3. The van der Waals surface area contributed by atoms with Crippen molar-refractivity contribution in [1.82, 2.24) is 9.97 Å². The van der Waals surface area contributed by atoms with E-state index in [4.69, 9.17) is 14.7 Å². The summed E-state index contributed by atoms with van der Waals surface area (Å²) in [6.07, 6.45) is 3.39. The lowest BCUT2D eigenvalue weighted by Gasteiger charge is -2.39. The van der Waals surface area contributed by atoms with E-state index in [1.807, 2.05) is 13.0 Å². The fraction of sp³-hybridized carbons (Fsp3) is 0.565. The number of nitrogens with zero attached hydrogens (tertiary/aromatic N) is 3. The van der Waals surface area contributed by atoms with Crippen molar-refractivity contribution in [2.24, 2.45) is 0 Å². The molecule has 2 saturated heterocycles. The normalized spacial score (nSPS) is 23.2. The van der Waals surface area contributed by atoms with Gasteiger partial charge in [-0.25, -0.2) is 9.37 Å². The molecule has 0 saturated carbocycles. The zero-order chi connectivity index (χ0) is 22.3. The van der Waals surface area contributed by atoms with E-state index in [0.717, 1.165) is 29.0 Å². The summed E-state index contributed by atoms with van der Waals surface area (Å²) in [5.74, 6) is 1.54. The molecule has 7 nitrogen and oxygen atoms in total. The molecule has 0 amide bonds. The highest BCUT2D eigenvalue weighted by Gasteiger charge is 2.37. The number of hydrogen-bond donors (Lipinski definition) is 2. The van der Waals surface area contributed by atoms with Gasteiger partial charge in [-0.05, 0) is 67.0 Å². The molecular formula is C23H29FN4O3S. The van der Waals surface area contributed by atoms with Crippen molar-refractivity contribution in [3.63, 3.8) is 0 Å². The SMILES string of the molecule is Cc1cc(F)cc(C2(O)CCN(c3nc4c(c(NC5CCOCC5)n3)[S+]([O-])CC4)CC2)c1. The topological polar surface area (TPSA) is 93.6 Å². The van der Waals surface area contributed by atoms with Crippen molar-refractivity contribution in [3.05, 3.63) is 40.8 Å². The fourth-order valence-electron chi connectivity index (χ4n) is 4.83. The van der Waals surface area contributed by atoms with E-state index in [1.54, 1.807) is 0 Å². The van der Waals surface area contributed by atoms with Crippen molar-refractivity contribution >= 4 is 22.9 Å². The van der Waals surface area contributed by atoms with Gasteiger partial charge in [0, 0.05) is 38.8 Å². The number of anilines is 2. The average molecular weight is 461 g/mol. The number of fused-ring (bicyclic) bond motifs is 1. The first kappa shape index (κ1) is 21.9. The molecule has 32 heavy (non-hydrogen) atoms. The van der Waals surface area contributed by atoms with Crippen LogP contribution in [0.4, 0.5) is 16.2 Å². The number of nitrogens with one attached hydrogen (secondary N) is 1. The molecule has 0 radical (unpaired) electrons. The summed E-state index contributed by atoms with van der Waals surface area (Å²) >= 11 is -1.08. The van der Waals surface area contributed by atoms with Gasteiger partial charge < -0.3 is 24.6 Å². The number of halogens is 1. The molecule has 1 unspecified atom stereocenters. The van der Waals surface area contributed by atoms with Crippen LogP contribution >= 0.6 is 0 Å². The first-order chi connectivity index (χ1) is 15.4. The molecule has 3 aliphatic heterocycles. The average Bonchev–Trinajstić information content (AvgIpc) is 3.15. The summed E-state index contributed by atoms with van der Waals surface area (Å²) in [6.45, 7) is 4.38. The highest BCUT2D eigenvalue weighted by Crippen LogP contribution is 2.37. The second-order valence-electron chi connectivity index (χ2n) is 9.01. The number of aryl methyl sites for hydroxylation is 2. The third-order valence-corrected chi connectivity index (χ3v) is 8.15. The van der Waals surface area contributed by atoms with Gasteiger partial charge >= 0.3 is 0 Å². The summed E-state index contributed by atoms with van der Waals surface area (Å²) in [5.41, 5.74) is 1.21. The molecule has 172 valence electrons. The highest BCUT2D eigenvalue weighted by atomic mass is 32.2. The number of benzene rings is 1. The Kier molecular flexibility index (Phi) is 6.00. The van der Waals surface area contributed by atoms with Crippen molar-refractivity contribution in [2.75, 3.05) is 42.3 Å². The van der Waals surface area contributed by atoms with Gasteiger partial charge in [-0.2, -0.15) is 4.98 Å². The minimum atomic E-state index is -1.08. The van der Waals surface area contributed by atoms with Gasteiger partial charge in [0.25, 0.3) is 0 Å². The number of hydrogen-bond acceptors (Lipinski definition) is 7. The molecule has 9 heteroatoms. The Hall–Kier alpha value is -1.94. The van der Waals surface area contributed by atoms with Crippen LogP contribution in [0.3, 0.4) is 0 Å². The van der Waals surface area contributed by atoms with Gasteiger partial charge in [0.05, 0.1) is 5.60 Å². The van der Waals surface area contributed by atoms with E-state index in [9.17, 15) is 14.0 Å². The predicted molar refractivity (Wildman–Crippen MR) is 121 cm³/mol. The molecule has 0 aliphatic carbocycles. The predicted octanol–water partition coefficient (Wildman–Crippen LogP) is 2.67. The quantitative estimate of drug-likeness (QED) is 0.678. The molecule has 1 aromatic carbocycles. The van der Waals surface area contributed by atoms with Crippen molar-refractivity contribution in [3.8, 4) is 0 Å². The molecule has 3 aliphatic rings. The Labute approximate surface area is 190 Å². The van der Waals surface area contributed by atoms with Crippen LogP contribution in [-0.2, 0) is 27.9 Å². The molecule has 1 atom stereocenters. The maximum absolute atomic E-state index is 13.9. The summed E-state index contributed by atoms with van der Waals surface area (Å²) in [5, 5.41) is 14.7. The molecule has 2 aromatic rings. The van der Waals surface area contributed by atoms with E-state index in [2.05, 4.69) is 10.2 Å². The van der Waals surface area contributed by atoms with E-state index in [0.29, 0.717) is 68.6 Å². The van der Waals surface area contributed by atoms with Gasteiger partial charge in [0.1, 0.15) is 17.3 Å². The number of piperidine rings is 1. The van der Waals surface area contributed by atoms with E-state index in [-0.39, 0.29) is 11.9 Å². The molecule has 0 bridgehead atoms. The monoisotopic (exact) mass is 460 g/mol. The fourth-order valence-corrected chi connectivity index (χ4v) is 6.14. The Morgan fingerprint density at radius 1 is 1.22 bits per heavy atom. The smallest absolute Gasteiger partial charge is 0.227 e. The lowest BCUT2D eigenvalue weighted by atomic mass is 9.84. The second kappa shape index (κ2) is 8.78. The Morgan fingerprint density at radius 3 is 2.69 bits per heavy atom. The van der Waals surface area contributed by atoms with Crippen molar-refractivity contribution < 1.29 is 18.8 Å². The summed E-state index contributed by atoms with van der Waals surface area (Å²) < 4.78 is 32.0. The largest absolute Gasteiger partial charge is 0.611 e. The number of aromatic nitrogens is 2. The lowest BCUT2D eigenvalue weighted by molar-refractivity contribution is 0.0112. The molecule has 2 N–H and O–H groups in total. The van der Waals surface area contributed by atoms with Crippen LogP contribution in [0.5, 0.6) is 0 Å². The minimum Gasteiger partial charge on any atom is -0.611 e. The molecular weight excluding hydrogens is 431 g/mol. The number of ether oxygens (including phenoxy) is 1. The minimum absolute atomic E-state index is 0.246. The van der Waals surface area contributed by atoms with Crippen LogP contribution in [0, 0.1) is 12.7 Å². The molecule has 0 spiro atoms. The van der Waals surface area contributed by atoms with Gasteiger partial charge in [-0.1, -0.05) is 6.07 Å². The number of rotatable bonds is 4. The van der Waals surface area contributed by atoms with Gasteiger partial charge in [0.2, 0.25) is 10.8 Å². The summed E-state index contributed by atoms with van der Waals surface area (Å²) in [7, 11) is 0. The number of aliphatic hydroxyl groups is 1. The first-order valence-electron chi connectivity index (χ1n) is 11.3. The Bertz CT molecular complexity index is 973. The van der Waals surface area contributed by atoms with Crippen LogP contribution < -0.4 is 10.2 Å². The zero-order valence-corrected chi connectivity index (χ0v) is 19.1. The molecule has 2 fully saturated rings.